The lowest BCUT2D eigenvalue weighted by atomic mass is 9.96. The van der Waals surface area contributed by atoms with Crippen LogP contribution in [-0.2, 0) is 0 Å². The average molecular weight is 218 g/mol. The summed E-state index contributed by atoms with van der Waals surface area (Å²) >= 11 is 0. The first-order valence-electron chi connectivity index (χ1n) is 6.24. The van der Waals surface area contributed by atoms with E-state index in [4.69, 9.17) is 0 Å². The van der Waals surface area contributed by atoms with Crippen LogP contribution in [0.3, 0.4) is 0 Å². The van der Waals surface area contributed by atoms with Crippen molar-refractivity contribution in [3.63, 3.8) is 0 Å². The van der Waals surface area contributed by atoms with Crippen LogP contribution in [0.15, 0.2) is 30.3 Å². The summed E-state index contributed by atoms with van der Waals surface area (Å²) in [7, 11) is 0. The van der Waals surface area contributed by atoms with Crippen molar-refractivity contribution in [1.82, 2.24) is 10.2 Å². The largest absolute Gasteiger partial charge is 0.307 e. The Kier molecular flexibility index (Phi) is 3.62. The van der Waals surface area contributed by atoms with Crippen LogP contribution in [0.2, 0.25) is 0 Å². The van der Waals surface area contributed by atoms with Gasteiger partial charge in [-0.2, -0.15) is 0 Å². The third kappa shape index (κ3) is 2.28. The molecular formula is C14H22N2. The van der Waals surface area contributed by atoms with Gasteiger partial charge in [0.15, 0.2) is 0 Å². The standard InChI is InChI=1S/C14H22N2/c1-11(2)16-10-9-15-14(12(16)3)13-7-5-4-6-8-13/h4-8,11-12,14-15H,9-10H2,1-3H3. The highest BCUT2D eigenvalue weighted by Gasteiger charge is 2.29. The molecule has 2 rings (SSSR count). The number of hydrogen-bond donors (Lipinski definition) is 1. The van der Waals surface area contributed by atoms with Crippen molar-refractivity contribution in [1.29, 1.82) is 0 Å². The lowest BCUT2D eigenvalue weighted by Crippen LogP contribution is -2.54. The Balaban J connectivity index is 2.16. The van der Waals surface area contributed by atoms with Crippen LogP contribution in [0.1, 0.15) is 32.4 Å². The second-order valence-electron chi connectivity index (χ2n) is 4.91. The van der Waals surface area contributed by atoms with Crippen molar-refractivity contribution in [2.45, 2.75) is 38.9 Å². The minimum Gasteiger partial charge on any atom is -0.307 e. The van der Waals surface area contributed by atoms with Gasteiger partial charge < -0.3 is 5.32 Å². The van der Waals surface area contributed by atoms with Crippen molar-refractivity contribution in [3.8, 4) is 0 Å². The second-order valence-corrected chi connectivity index (χ2v) is 4.91. The molecule has 1 aliphatic rings. The molecule has 0 spiro atoms. The van der Waals surface area contributed by atoms with Crippen LogP contribution in [0.25, 0.3) is 0 Å². The second kappa shape index (κ2) is 4.98. The van der Waals surface area contributed by atoms with E-state index < -0.39 is 0 Å². The van der Waals surface area contributed by atoms with Crippen molar-refractivity contribution in [3.05, 3.63) is 35.9 Å². The maximum absolute atomic E-state index is 3.63. The maximum atomic E-state index is 3.63. The average Bonchev–Trinajstić information content (AvgIpc) is 2.30. The Morgan fingerprint density at radius 3 is 2.56 bits per heavy atom. The first-order valence-corrected chi connectivity index (χ1v) is 6.24. The number of benzene rings is 1. The summed E-state index contributed by atoms with van der Waals surface area (Å²) in [4.78, 5) is 2.58. The van der Waals surface area contributed by atoms with E-state index in [0.717, 1.165) is 13.1 Å². The molecule has 1 N–H and O–H groups in total. The highest BCUT2D eigenvalue weighted by atomic mass is 15.2. The number of piperazine rings is 1. The molecule has 0 bridgehead atoms. The van der Waals surface area contributed by atoms with Crippen molar-refractivity contribution in [2.75, 3.05) is 13.1 Å². The van der Waals surface area contributed by atoms with E-state index in [1.54, 1.807) is 0 Å². The molecule has 1 fully saturated rings. The summed E-state index contributed by atoms with van der Waals surface area (Å²) in [6.07, 6.45) is 0. The fourth-order valence-corrected chi connectivity index (χ4v) is 2.70. The molecule has 0 saturated carbocycles. The van der Waals surface area contributed by atoms with Gasteiger partial charge in [-0.25, -0.2) is 0 Å². The Hall–Kier alpha value is -0.860. The summed E-state index contributed by atoms with van der Waals surface area (Å²) in [5.74, 6) is 0. The van der Waals surface area contributed by atoms with Gasteiger partial charge in [0.25, 0.3) is 0 Å². The molecule has 1 saturated heterocycles. The SMILES string of the molecule is CC(C)N1CCNC(c2ccccc2)C1C. The van der Waals surface area contributed by atoms with Gasteiger partial charge >= 0.3 is 0 Å². The predicted molar refractivity (Wildman–Crippen MR) is 68.5 cm³/mol. The quantitative estimate of drug-likeness (QED) is 0.820. The van der Waals surface area contributed by atoms with E-state index in [-0.39, 0.29) is 0 Å². The molecular weight excluding hydrogens is 196 g/mol. The zero-order valence-corrected chi connectivity index (χ0v) is 10.5. The lowest BCUT2D eigenvalue weighted by Gasteiger charge is -2.42. The topological polar surface area (TPSA) is 15.3 Å². The van der Waals surface area contributed by atoms with E-state index in [9.17, 15) is 0 Å². The number of nitrogens with zero attached hydrogens (tertiary/aromatic N) is 1. The molecule has 0 amide bonds. The third-order valence-electron chi connectivity index (χ3n) is 3.56. The van der Waals surface area contributed by atoms with Gasteiger partial charge in [0.05, 0.1) is 0 Å². The number of rotatable bonds is 2. The summed E-state index contributed by atoms with van der Waals surface area (Å²) in [6.45, 7) is 9.13. The molecule has 1 heterocycles. The summed E-state index contributed by atoms with van der Waals surface area (Å²) in [6, 6.07) is 12.4. The van der Waals surface area contributed by atoms with E-state index in [0.29, 0.717) is 18.1 Å². The molecule has 2 nitrogen and oxygen atoms in total. The smallest absolute Gasteiger partial charge is 0.0476 e. The van der Waals surface area contributed by atoms with E-state index >= 15 is 0 Å². The first kappa shape index (κ1) is 11.6. The Morgan fingerprint density at radius 2 is 1.94 bits per heavy atom. The van der Waals surface area contributed by atoms with Crippen LogP contribution in [-0.4, -0.2) is 30.1 Å². The van der Waals surface area contributed by atoms with Crippen LogP contribution < -0.4 is 5.32 Å². The molecule has 0 aromatic heterocycles. The fourth-order valence-electron chi connectivity index (χ4n) is 2.70. The van der Waals surface area contributed by atoms with Gasteiger partial charge in [-0.15, -0.1) is 0 Å². The minimum absolute atomic E-state index is 0.470. The van der Waals surface area contributed by atoms with E-state index in [2.05, 4.69) is 61.3 Å². The predicted octanol–water partition coefficient (Wildman–Crippen LogP) is 2.43. The van der Waals surface area contributed by atoms with Gasteiger partial charge in [0, 0.05) is 31.2 Å². The highest BCUT2D eigenvalue weighted by molar-refractivity contribution is 5.21. The van der Waals surface area contributed by atoms with Crippen LogP contribution in [0.5, 0.6) is 0 Å². The first-order chi connectivity index (χ1) is 7.70. The zero-order valence-electron chi connectivity index (χ0n) is 10.5. The molecule has 1 aliphatic heterocycles. The van der Waals surface area contributed by atoms with Gasteiger partial charge in [-0.1, -0.05) is 30.3 Å². The van der Waals surface area contributed by atoms with Crippen LogP contribution in [0, 0.1) is 0 Å². The monoisotopic (exact) mass is 218 g/mol. The maximum Gasteiger partial charge on any atom is 0.0476 e. The highest BCUT2D eigenvalue weighted by Crippen LogP contribution is 2.24. The van der Waals surface area contributed by atoms with Crippen molar-refractivity contribution in [2.24, 2.45) is 0 Å². The van der Waals surface area contributed by atoms with Gasteiger partial charge in [0.2, 0.25) is 0 Å². The van der Waals surface area contributed by atoms with Crippen LogP contribution in [0.4, 0.5) is 0 Å². The Morgan fingerprint density at radius 1 is 1.25 bits per heavy atom. The third-order valence-corrected chi connectivity index (χ3v) is 3.56. The lowest BCUT2D eigenvalue weighted by molar-refractivity contribution is 0.0987. The van der Waals surface area contributed by atoms with Crippen LogP contribution >= 0.6 is 0 Å². The summed E-state index contributed by atoms with van der Waals surface area (Å²) in [5.41, 5.74) is 1.40. The molecule has 1 aromatic carbocycles. The molecule has 16 heavy (non-hydrogen) atoms. The Bertz CT molecular complexity index is 321. The van der Waals surface area contributed by atoms with Gasteiger partial charge in [-0.05, 0) is 26.3 Å². The van der Waals surface area contributed by atoms with Gasteiger partial charge in [0.1, 0.15) is 0 Å². The number of hydrogen-bond acceptors (Lipinski definition) is 2. The van der Waals surface area contributed by atoms with Gasteiger partial charge in [-0.3, -0.25) is 4.90 Å². The van der Waals surface area contributed by atoms with Crippen molar-refractivity contribution >= 4 is 0 Å². The minimum atomic E-state index is 0.470. The van der Waals surface area contributed by atoms with E-state index in [1.807, 2.05) is 0 Å². The van der Waals surface area contributed by atoms with Crippen molar-refractivity contribution < 1.29 is 0 Å². The van der Waals surface area contributed by atoms with E-state index in [1.165, 1.54) is 5.56 Å². The molecule has 1 aromatic rings. The fraction of sp³-hybridized carbons (Fsp3) is 0.571. The molecule has 0 aliphatic carbocycles. The summed E-state index contributed by atoms with van der Waals surface area (Å²) < 4.78 is 0. The molecule has 2 unspecified atom stereocenters. The molecule has 2 heteroatoms. The molecule has 0 radical (unpaired) electrons. The molecule has 88 valence electrons. The molecule has 2 atom stereocenters. The summed E-state index contributed by atoms with van der Waals surface area (Å²) in [5, 5.41) is 3.63. The number of nitrogens with one attached hydrogen (secondary N) is 1. The normalized spacial score (nSPS) is 27.2. The zero-order chi connectivity index (χ0) is 11.5. The Labute approximate surface area is 98.7 Å².